The molecule has 31 heavy (non-hydrogen) atoms. The second-order valence-electron chi connectivity index (χ2n) is 7.21. The van der Waals surface area contributed by atoms with Crippen molar-refractivity contribution < 1.29 is 38.1 Å². The van der Waals surface area contributed by atoms with Gasteiger partial charge in [0.1, 0.15) is 12.6 Å². The van der Waals surface area contributed by atoms with Crippen LogP contribution in [0.4, 0.5) is 4.79 Å². The second kappa shape index (κ2) is 9.30. The van der Waals surface area contributed by atoms with Gasteiger partial charge in [-0.15, -0.1) is 0 Å². The lowest BCUT2D eigenvalue weighted by Gasteiger charge is -2.42. The van der Waals surface area contributed by atoms with Gasteiger partial charge in [-0.05, 0) is 18.6 Å². The van der Waals surface area contributed by atoms with E-state index in [0.29, 0.717) is 6.61 Å². The van der Waals surface area contributed by atoms with Gasteiger partial charge >= 0.3 is 18.0 Å². The second-order valence-corrected chi connectivity index (χ2v) is 7.21. The molecule has 1 aromatic rings. The Morgan fingerprint density at radius 1 is 1.23 bits per heavy atom. The molecular formula is C22H25NO8. The van der Waals surface area contributed by atoms with Gasteiger partial charge in [0.15, 0.2) is 5.78 Å². The van der Waals surface area contributed by atoms with Crippen LogP contribution in [0.5, 0.6) is 0 Å². The Morgan fingerprint density at radius 3 is 2.52 bits per heavy atom. The van der Waals surface area contributed by atoms with E-state index in [2.05, 4.69) is 4.74 Å². The van der Waals surface area contributed by atoms with E-state index in [0.717, 1.165) is 5.56 Å². The summed E-state index contributed by atoms with van der Waals surface area (Å²) < 4.78 is 20.3. The summed E-state index contributed by atoms with van der Waals surface area (Å²) in [5.74, 6) is -1.15. The number of esters is 2. The molecule has 1 aromatic carbocycles. The number of hydrogen-bond donors (Lipinski definition) is 0. The summed E-state index contributed by atoms with van der Waals surface area (Å²) >= 11 is 0. The highest BCUT2D eigenvalue weighted by molar-refractivity contribution is 5.99. The van der Waals surface area contributed by atoms with Gasteiger partial charge in [0, 0.05) is 13.3 Å². The van der Waals surface area contributed by atoms with Crippen molar-refractivity contribution in [1.82, 2.24) is 4.90 Å². The van der Waals surface area contributed by atoms with Crippen LogP contribution in [0.15, 0.2) is 42.5 Å². The number of rotatable bonds is 4. The Hall–Kier alpha value is -3.20. The van der Waals surface area contributed by atoms with Gasteiger partial charge in [0.05, 0.1) is 25.9 Å². The normalized spacial score (nSPS) is 28.5. The van der Waals surface area contributed by atoms with E-state index < -0.39 is 35.9 Å². The van der Waals surface area contributed by atoms with Crippen molar-refractivity contribution >= 4 is 23.8 Å². The summed E-state index contributed by atoms with van der Waals surface area (Å²) in [5, 5.41) is 0. The first-order valence-corrected chi connectivity index (χ1v) is 9.95. The highest BCUT2D eigenvalue weighted by Crippen LogP contribution is 2.43. The van der Waals surface area contributed by atoms with Crippen LogP contribution in [0.3, 0.4) is 0 Å². The van der Waals surface area contributed by atoms with Crippen LogP contribution < -0.4 is 0 Å². The maximum Gasteiger partial charge on any atom is 0.411 e. The van der Waals surface area contributed by atoms with Crippen LogP contribution in [0.2, 0.25) is 0 Å². The number of benzene rings is 1. The smallest absolute Gasteiger partial charge is 0.411 e. The lowest BCUT2D eigenvalue weighted by molar-refractivity contribution is -0.182. The fraction of sp³-hybridized carbons (Fsp3) is 0.455. The van der Waals surface area contributed by atoms with Crippen LogP contribution in [0.1, 0.15) is 31.9 Å². The minimum Gasteiger partial charge on any atom is -0.467 e. The fourth-order valence-electron chi connectivity index (χ4n) is 4.00. The van der Waals surface area contributed by atoms with Gasteiger partial charge in [-0.3, -0.25) is 14.5 Å². The largest absolute Gasteiger partial charge is 0.467 e. The van der Waals surface area contributed by atoms with E-state index in [1.54, 1.807) is 13.0 Å². The van der Waals surface area contributed by atoms with Gasteiger partial charge in [0.25, 0.3) is 0 Å². The van der Waals surface area contributed by atoms with Crippen molar-refractivity contribution in [1.29, 1.82) is 0 Å². The summed E-state index contributed by atoms with van der Waals surface area (Å²) in [7, 11) is 1.23. The SMILES string of the molecule is CCOC(C)=O.COC(=O)[C@@]12C=C[C@@H](CC(=O)[C@H]1N1C(=O)OC[C@H]1c1ccccc1)O2. The molecule has 1 amide bonds. The number of carbonyl (C=O) groups excluding carboxylic acids is 4. The zero-order valence-electron chi connectivity index (χ0n) is 17.6. The molecule has 0 aromatic heterocycles. The van der Waals surface area contributed by atoms with Crippen LogP contribution in [0.25, 0.3) is 0 Å². The van der Waals surface area contributed by atoms with Gasteiger partial charge in [-0.25, -0.2) is 9.59 Å². The van der Waals surface area contributed by atoms with E-state index >= 15 is 0 Å². The van der Waals surface area contributed by atoms with Gasteiger partial charge < -0.3 is 18.9 Å². The topological polar surface area (TPSA) is 108 Å². The van der Waals surface area contributed by atoms with Crippen LogP contribution in [-0.4, -0.2) is 66.8 Å². The molecule has 0 saturated carbocycles. The molecule has 166 valence electrons. The molecule has 0 aliphatic carbocycles. The van der Waals surface area contributed by atoms with Crippen molar-refractivity contribution in [2.75, 3.05) is 20.3 Å². The lowest BCUT2D eigenvalue weighted by Crippen LogP contribution is -2.64. The Morgan fingerprint density at radius 2 is 1.94 bits per heavy atom. The Labute approximate surface area is 179 Å². The van der Waals surface area contributed by atoms with Crippen molar-refractivity contribution in [2.45, 2.75) is 44.1 Å². The van der Waals surface area contributed by atoms with Crippen molar-refractivity contribution in [2.24, 2.45) is 0 Å². The summed E-state index contributed by atoms with van der Waals surface area (Å²) in [6.07, 6.45) is 2.19. The molecule has 4 rings (SSSR count). The number of ether oxygens (including phenoxy) is 4. The number of hydrogen-bond acceptors (Lipinski definition) is 8. The van der Waals surface area contributed by atoms with Crippen molar-refractivity contribution in [3.05, 3.63) is 48.0 Å². The Bertz CT molecular complexity index is 883. The number of methoxy groups -OCH3 is 1. The van der Waals surface area contributed by atoms with E-state index in [4.69, 9.17) is 14.2 Å². The van der Waals surface area contributed by atoms with E-state index in [1.807, 2.05) is 30.3 Å². The molecule has 0 unspecified atom stereocenters. The lowest BCUT2D eigenvalue weighted by atomic mass is 9.86. The molecule has 9 heteroatoms. The highest BCUT2D eigenvalue weighted by atomic mass is 16.6. The molecule has 0 radical (unpaired) electrons. The summed E-state index contributed by atoms with van der Waals surface area (Å²) in [6.45, 7) is 3.76. The third-order valence-corrected chi connectivity index (χ3v) is 5.24. The number of carbonyl (C=O) groups is 4. The number of fused-ring (bicyclic) bond motifs is 2. The predicted molar refractivity (Wildman–Crippen MR) is 107 cm³/mol. The zero-order valence-corrected chi connectivity index (χ0v) is 17.6. The average molecular weight is 431 g/mol. The molecule has 0 spiro atoms. The van der Waals surface area contributed by atoms with Crippen LogP contribution in [-0.2, 0) is 33.3 Å². The summed E-state index contributed by atoms with van der Waals surface area (Å²) in [5.41, 5.74) is -0.796. The average Bonchev–Trinajstić information content (AvgIpc) is 3.30. The first kappa shape index (κ1) is 22.5. The molecule has 9 nitrogen and oxygen atoms in total. The zero-order chi connectivity index (χ0) is 22.6. The molecule has 3 heterocycles. The minimum absolute atomic E-state index is 0.102. The monoisotopic (exact) mass is 431 g/mol. The third-order valence-electron chi connectivity index (χ3n) is 5.24. The highest BCUT2D eigenvalue weighted by Gasteiger charge is 2.62. The third kappa shape index (κ3) is 4.32. The quantitative estimate of drug-likeness (QED) is 0.404. The van der Waals surface area contributed by atoms with E-state index in [9.17, 15) is 19.2 Å². The fourth-order valence-corrected chi connectivity index (χ4v) is 4.00. The molecule has 3 aliphatic heterocycles. The maximum atomic E-state index is 12.8. The molecule has 3 aliphatic rings. The Balaban J connectivity index is 0.000000401. The van der Waals surface area contributed by atoms with Gasteiger partial charge in [0.2, 0.25) is 5.60 Å². The summed E-state index contributed by atoms with van der Waals surface area (Å²) in [4.78, 5) is 48.9. The molecule has 2 saturated heterocycles. The van der Waals surface area contributed by atoms with Gasteiger partial charge in [-0.2, -0.15) is 0 Å². The first-order chi connectivity index (χ1) is 14.8. The van der Waals surface area contributed by atoms with E-state index in [1.165, 1.54) is 25.0 Å². The number of nitrogens with zero attached hydrogens (tertiary/aromatic N) is 1. The molecule has 2 fully saturated rings. The van der Waals surface area contributed by atoms with E-state index in [-0.39, 0.29) is 24.8 Å². The maximum absolute atomic E-state index is 12.8. The van der Waals surface area contributed by atoms with Crippen LogP contribution in [0, 0.1) is 0 Å². The number of Topliss-reactive ketones (excluding diaryl/α,β-unsaturated/α-hetero) is 1. The molecule has 0 N–H and O–H groups in total. The Kier molecular flexibility index (Phi) is 6.74. The number of ketones is 1. The number of cyclic esters (lactones) is 1. The van der Waals surface area contributed by atoms with Crippen molar-refractivity contribution in [3.63, 3.8) is 0 Å². The standard InChI is InChI=1S/C18H17NO6.C4H8O2/c1-23-16(21)18-8-7-12(25-18)9-14(20)15(18)19-13(10-24-17(19)22)11-5-3-2-4-6-11;1-3-6-4(2)5/h2-8,12-13,15H,9-10H2,1H3;3H2,1-2H3/t12-,13-,15+,18+;/m0./s1. The van der Waals surface area contributed by atoms with Crippen LogP contribution >= 0.6 is 0 Å². The van der Waals surface area contributed by atoms with Crippen molar-refractivity contribution in [3.8, 4) is 0 Å². The first-order valence-electron chi connectivity index (χ1n) is 9.95. The predicted octanol–water partition coefficient (Wildman–Crippen LogP) is 1.96. The summed E-state index contributed by atoms with van der Waals surface area (Å²) in [6, 6.07) is 7.67. The molecule has 4 atom stereocenters. The van der Waals surface area contributed by atoms with Gasteiger partial charge in [-0.1, -0.05) is 36.4 Å². The molecular weight excluding hydrogens is 406 g/mol. The minimum atomic E-state index is -1.62. The number of amides is 1. The molecule has 2 bridgehead atoms.